The standard InChI is InChI=1S/C14H16ClN3OS.2ClH/c1-9-12(13(19)17-8-7-16-2)20-14(18-9)10-3-5-11(15)6-4-10;;/h3-6,16H,7-8H2,1-2H3,(H,17,19);2*1H. The van der Waals surface area contributed by atoms with Crippen LogP contribution in [0.4, 0.5) is 0 Å². The van der Waals surface area contributed by atoms with Crippen molar-refractivity contribution in [2.45, 2.75) is 6.92 Å². The number of halogens is 3. The number of aromatic nitrogens is 1. The number of thiazole rings is 1. The topological polar surface area (TPSA) is 54.0 Å². The highest BCUT2D eigenvalue weighted by molar-refractivity contribution is 7.17. The van der Waals surface area contributed by atoms with Crippen LogP contribution in [0.25, 0.3) is 10.6 Å². The van der Waals surface area contributed by atoms with E-state index < -0.39 is 0 Å². The lowest BCUT2D eigenvalue weighted by molar-refractivity contribution is 0.0957. The van der Waals surface area contributed by atoms with E-state index in [0.717, 1.165) is 22.8 Å². The number of carbonyl (C=O) groups excluding carboxylic acids is 1. The molecular weight excluding hydrogens is 365 g/mol. The monoisotopic (exact) mass is 381 g/mol. The van der Waals surface area contributed by atoms with Crippen LogP contribution in [0.2, 0.25) is 5.02 Å². The van der Waals surface area contributed by atoms with Crippen LogP contribution in [0.1, 0.15) is 15.4 Å². The number of amides is 1. The molecule has 0 saturated heterocycles. The van der Waals surface area contributed by atoms with Crippen LogP contribution in [0, 0.1) is 6.92 Å². The average Bonchev–Trinajstić information content (AvgIpc) is 2.82. The van der Waals surface area contributed by atoms with Crippen molar-refractivity contribution in [2.75, 3.05) is 20.1 Å². The van der Waals surface area contributed by atoms with Gasteiger partial charge in [-0.3, -0.25) is 4.79 Å². The molecule has 0 fully saturated rings. The van der Waals surface area contributed by atoms with Crippen molar-refractivity contribution >= 4 is 53.7 Å². The first-order valence-corrected chi connectivity index (χ1v) is 7.47. The fraction of sp³-hybridized carbons (Fsp3) is 0.286. The molecule has 0 aliphatic carbocycles. The summed E-state index contributed by atoms with van der Waals surface area (Å²) >= 11 is 7.27. The minimum Gasteiger partial charge on any atom is -0.350 e. The number of benzene rings is 1. The predicted octanol–water partition coefficient (Wildman–Crippen LogP) is 3.56. The van der Waals surface area contributed by atoms with Crippen LogP contribution in [0.3, 0.4) is 0 Å². The third-order valence-electron chi connectivity index (χ3n) is 2.75. The number of nitrogens with one attached hydrogen (secondary N) is 2. The zero-order valence-electron chi connectivity index (χ0n) is 12.2. The Hall–Kier alpha value is -0.850. The number of aryl methyl sites for hydroxylation is 1. The van der Waals surface area contributed by atoms with Gasteiger partial charge in [0.05, 0.1) is 5.69 Å². The quantitative estimate of drug-likeness (QED) is 0.777. The molecule has 4 nitrogen and oxygen atoms in total. The van der Waals surface area contributed by atoms with Gasteiger partial charge in [0.15, 0.2) is 0 Å². The van der Waals surface area contributed by atoms with Crippen molar-refractivity contribution in [2.24, 2.45) is 0 Å². The number of nitrogens with zero attached hydrogens (tertiary/aromatic N) is 1. The van der Waals surface area contributed by atoms with E-state index >= 15 is 0 Å². The van der Waals surface area contributed by atoms with Gasteiger partial charge in [-0.2, -0.15) is 0 Å². The smallest absolute Gasteiger partial charge is 0.263 e. The molecule has 0 aliphatic heterocycles. The van der Waals surface area contributed by atoms with Crippen molar-refractivity contribution in [3.8, 4) is 10.6 Å². The lowest BCUT2D eigenvalue weighted by Gasteiger charge is -2.02. The normalized spacial score (nSPS) is 9.59. The SMILES string of the molecule is CNCCNC(=O)c1sc(-c2ccc(Cl)cc2)nc1C.Cl.Cl. The molecule has 0 radical (unpaired) electrons. The molecule has 0 bridgehead atoms. The number of rotatable bonds is 5. The number of likely N-dealkylation sites (N-methyl/N-ethyl adjacent to an activating group) is 1. The van der Waals surface area contributed by atoms with Crippen molar-refractivity contribution in [1.29, 1.82) is 0 Å². The van der Waals surface area contributed by atoms with Gasteiger partial charge in [-0.25, -0.2) is 4.98 Å². The van der Waals surface area contributed by atoms with Gasteiger partial charge in [0.2, 0.25) is 0 Å². The van der Waals surface area contributed by atoms with Gasteiger partial charge in [-0.15, -0.1) is 36.2 Å². The summed E-state index contributed by atoms with van der Waals surface area (Å²) in [6, 6.07) is 7.45. The van der Waals surface area contributed by atoms with E-state index in [0.29, 0.717) is 16.4 Å². The van der Waals surface area contributed by atoms with Gasteiger partial charge in [-0.05, 0) is 26.1 Å². The van der Waals surface area contributed by atoms with E-state index in [9.17, 15) is 4.79 Å². The maximum absolute atomic E-state index is 12.0. The van der Waals surface area contributed by atoms with Crippen LogP contribution in [-0.2, 0) is 0 Å². The Morgan fingerprint density at radius 2 is 1.86 bits per heavy atom. The highest BCUT2D eigenvalue weighted by atomic mass is 35.5. The summed E-state index contributed by atoms with van der Waals surface area (Å²) < 4.78 is 0. The Morgan fingerprint density at radius 3 is 2.45 bits per heavy atom. The van der Waals surface area contributed by atoms with Crippen LogP contribution in [0.15, 0.2) is 24.3 Å². The third-order valence-corrected chi connectivity index (χ3v) is 4.21. The number of hydrogen-bond donors (Lipinski definition) is 2. The molecule has 22 heavy (non-hydrogen) atoms. The fourth-order valence-electron chi connectivity index (χ4n) is 1.70. The first kappa shape index (κ1) is 21.1. The van der Waals surface area contributed by atoms with Crippen molar-refractivity contribution in [1.82, 2.24) is 15.6 Å². The molecule has 0 spiro atoms. The molecule has 2 rings (SSSR count). The second kappa shape index (κ2) is 10.0. The molecule has 8 heteroatoms. The van der Waals surface area contributed by atoms with Gasteiger partial charge < -0.3 is 10.6 Å². The van der Waals surface area contributed by atoms with E-state index in [2.05, 4.69) is 15.6 Å². The summed E-state index contributed by atoms with van der Waals surface area (Å²) in [6.07, 6.45) is 0. The summed E-state index contributed by atoms with van der Waals surface area (Å²) in [5.74, 6) is -0.0736. The van der Waals surface area contributed by atoms with Crippen LogP contribution < -0.4 is 10.6 Å². The molecule has 1 heterocycles. The van der Waals surface area contributed by atoms with Crippen molar-refractivity contribution in [3.05, 3.63) is 39.9 Å². The second-order valence-corrected chi connectivity index (χ2v) is 5.74. The van der Waals surface area contributed by atoms with Crippen molar-refractivity contribution < 1.29 is 4.79 Å². The van der Waals surface area contributed by atoms with Gasteiger partial charge in [-0.1, -0.05) is 23.7 Å². The van der Waals surface area contributed by atoms with E-state index in [1.165, 1.54) is 11.3 Å². The molecule has 0 atom stereocenters. The van der Waals surface area contributed by atoms with Gasteiger partial charge in [0.1, 0.15) is 9.88 Å². The first-order valence-electron chi connectivity index (χ1n) is 6.28. The summed E-state index contributed by atoms with van der Waals surface area (Å²) in [6.45, 7) is 3.19. The Labute approximate surface area is 151 Å². The maximum Gasteiger partial charge on any atom is 0.263 e. The number of hydrogen-bond acceptors (Lipinski definition) is 4. The lowest BCUT2D eigenvalue weighted by atomic mass is 10.2. The summed E-state index contributed by atoms with van der Waals surface area (Å²) in [4.78, 5) is 17.2. The Bertz CT molecular complexity index is 602. The van der Waals surface area contributed by atoms with Gasteiger partial charge in [0, 0.05) is 23.7 Å². The fourth-order valence-corrected chi connectivity index (χ4v) is 2.82. The zero-order chi connectivity index (χ0) is 14.5. The van der Waals surface area contributed by atoms with E-state index in [1.54, 1.807) is 0 Å². The second-order valence-electron chi connectivity index (χ2n) is 4.30. The zero-order valence-corrected chi connectivity index (χ0v) is 15.4. The minimum atomic E-state index is -0.0736. The van der Waals surface area contributed by atoms with Gasteiger partial charge >= 0.3 is 0 Å². The summed E-state index contributed by atoms with van der Waals surface area (Å²) in [7, 11) is 1.85. The van der Waals surface area contributed by atoms with E-state index in [4.69, 9.17) is 11.6 Å². The molecule has 0 aliphatic rings. The molecule has 1 amide bonds. The molecule has 0 saturated carbocycles. The molecular formula is C14H18Cl3N3OS. The van der Waals surface area contributed by atoms with Crippen molar-refractivity contribution in [3.63, 3.8) is 0 Å². The third kappa shape index (κ3) is 5.41. The minimum absolute atomic E-state index is 0. The Kier molecular flexibility index (Phi) is 9.64. The van der Waals surface area contributed by atoms with Crippen LogP contribution in [0.5, 0.6) is 0 Å². The summed E-state index contributed by atoms with van der Waals surface area (Å²) in [5.41, 5.74) is 1.72. The lowest BCUT2D eigenvalue weighted by Crippen LogP contribution is -2.30. The Balaban J connectivity index is 0.00000220. The van der Waals surface area contributed by atoms with Crippen LogP contribution >= 0.6 is 47.8 Å². The average molecular weight is 383 g/mol. The molecule has 0 unspecified atom stereocenters. The molecule has 1 aromatic carbocycles. The maximum atomic E-state index is 12.0. The van der Waals surface area contributed by atoms with Gasteiger partial charge in [0.25, 0.3) is 5.91 Å². The molecule has 122 valence electrons. The Morgan fingerprint density at radius 1 is 1.23 bits per heavy atom. The molecule has 2 aromatic rings. The van der Waals surface area contributed by atoms with Crippen LogP contribution in [-0.4, -0.2) is 31.0 Å². The highest BCUT2D eigenvalue weighted by Crippen LogP contribution is 2.28. The predicted molar refractivity (Wildman–Crippen MR) is 98.1 cm³/mol. The number of carbonyl (C=O) groups is 1. The molecule has 1 aromatic heterocycles. The molecule has 2 N–H and O–H groups in total. The van der Waals surface area contributed by atoms with E-state index in [1.807, 2.05) is 38.2 Å². The largest absolute Gasteiger partial charge is 0.350 e. The first-order chi connectivity index (χ1) is 9.61. The summed E-state index contributed by atoms with van der Waals surface area (Å²) in [5, 5.41) is 7.37. The highest BCUT2D eigenvalue weighted by Gasteiger charge is 2.15. The van der Waals surface area contributed by atoms with E-state index in [-0.39, 0.29) is 30.7 Å².